The van der Waals surface area contributed by atoms with Crippen LogP contribution >= 0.6 is 7.37 Å². The van der Waals surface area contributed by atoms with Gasteiger partial charge < -0.3 is 10.6 Å². The normalized spacial score (nSPS) is 14.3. The van der Waals surface area contributed by atoms with Crippen molar-refractivity contribution in [1.29, 1.82) is 0 Å². The highest BCUT2D eigenvalue weighted by molar-refractivity contribution is 7.73. The van der Waals surface area contributed by atoms with E-state index in [-0.39, 0.29) is 0 Å². The maximum absolute atomic E-state index is 12.3. The molecule has 0 heterocycles. The second kappa shape index (κ2) is 4.12. The minimum Gasteiger partial charge on any atom is -0.399 e. The van der Waals surface area contributed by atoms with Crippen molar-refractivity contribution in [2.45, 2.75) is 0 Å². The molecule has 1 unspecified atom stereocenters. The average Bonchev–Trinajstić information content (AvgIpc) is 2.30. The Morgan fingerprint density at radius 3 is 2.19 bits per heavy atom. The molecule has 0 radical (unpaired) electrons. The molecule has 4 heteroatoms. The van der Waals surface area contributed by atoms with E-state index < -0.39 is 7.37 Å². The van der Waals surface area contributed by atoms with Gasteiger partial charge in [-0.25, -0.2) is 0 Å². The first-order valence-electron chi connectivity index (χ1n) is 4.85. The van der Waals surface area contributed by atoms with Gasteiger partial charge in [0.1, 0.15) is 0 Å². The van der Waals surface area contributed by atoms with Gasteiger partial charge in [-0.2, -0.15) is 0 Å². The molecule has 2 aromatic carbocycles. The molecule has 0 spiro atoms. The summed E-state index contributed by atoms with van der Waals surface area (Å²) < 4.78 is 12.3. The Hall–Kier alpha value is -1.57. The van der Waals surface area contributed by atoms with Crippen molar-refractivity contribution in [2.75, 3.05) is 5.73 Å². The van der Waals surface area contributed by atoms with Crippen molar-refractivity contribution in [3.8, 4) is 0 Å². The third-order valence-electron chi connectivity index (χ3n) is 2.33. The molecule has 16 heavy (non-hydrogen) atoms. The van der Waals surface area contributed by atoms with E-state index >= 15 is 0 Å². The van der Waals surface area contributed by atoms with E-state index in [0.29, 0.717) is 16.3 Å². The standard InChI is InChI=1S/C12H12NO2P/c13-10-5-4-8-12(9-10)16(14,15)11-6-2-1-3-7-11/h1-9H,13H2,(H,14,15). The first-order valence-corrected chi connectivity index (χ1v) is 6.51. The minimum atomic E-state index is -3.50. The smallest absolute Gasteiger partial charge is 0.258 e. The molecule has 2 aromatic rings. The summed E-state index contributed by atoms with van der Waals surface area (Å²) in [6.45, 7) is 0. The summed E-state index contributed by atoms with van der Waals surface area (Å²) in [4.78, 5) is 10.1. The van der Waals surface area contributed by atoms with Gasteiger partial charge >= 0.3 is 0 Å². The number of anilines is 1. The molecule has 0 aliphatic rings. The molecule has 0 bridgehead atoms. The molecule has 0 aliphatic heterocycles. The third kappa shape index (κ3) is 2.01. The highest BCUT2D eigenvalue weighted by atomic mass is 31.2. The lowest BCUT2D eigenvalue weighted by atomic mass is 10.3. The number of nitrogen functional groups attached to an aromatic ring is 1. The number of nitrogens with two attached hydrogens (primary N) is 1. The van der Waals surface area contributed by atoms with E-state index in [0.717, 1.165) is 0 Å². The zero-order chi connectivity index (χ0) is 11.6. The van der Waals surface area contributed by atoms with Gasteiger partial charge in [0.15, 0.2) is 0 Å². The van der Waals surface area contributed by atoms with E-state index in [1.807, 2.05) is 6.07 Å². The number of rotatable bonds is 2. The quantitative estimate of drug-likeness (QED) is 0.610. The van der Waals surface area contributed by atoms with E-state index in [4.69, 9.17) is 5.73 Å². The van der Waals surface area contributed by atoms with Crippen LogP contribution in [0.2, 0.25) is 0 Å². The fourth-order valence-corrected chi connectivity index (χ4v) is 2.98. The molecule has 0 amide bonds. The lowest BCUT2D eigenvalue weighted by Gasteiger charge is -2.12. The summed E-state index contributed by atoms with van der Waals surface area (Å²) >= 11 is 0. The van der Waals surface area contributed by atoms with Crippen molar-refractivity contribution in [2.24, 2.45) is 0 Å². The predicted octanol–water partition coefficient (Wildman–Crippen LogP) is 1.49. The van der Waals surface area contributed by atoms with E-state index in [1.54, 1.807) is 42.5 Å². The average molecular weight is 233 g/mol. The van der Waals surface area contributed by atoms with Crippen LogP contribution in [-0.4, -0.2) is 4.89 Å². The molecule has 0 fully saturated rings. The maximum atomic E-state index is 12.3. The SMILES string of the molecule is Nc1cccc(P(=O)(O)c2ccccc2)c1. The molecule has 1 atom stereocenters. The first kappa shape index (κ1) is 10.9. The van der Waals surface area contributed by atoms with Crippen LogP contribution in [0.5, 0.6) is 0 Å². The maximum Gasteiger partial charge on any atom is 0.258 e. The van der Waals surface area contributed by atoms with E-state index in [9.17, 15) is 9.46 Å². The Kier molecular flexibility index (Phi) is 2.82. The van der Waals surface area contributed by atoms with Gasteiger partial charge in [0.2, 0.25) is 0 Å². The van der Waals surface area contributed by atoms with Crippen LogP contribution < -0.4 is 16.3 Å². The molecule has 82 valence electrons. The third-order valence-corrected chi connectivity index (χ3v) is 4.30. The molecule has 0 saturated heterocycles. The zero-order valence-corrected chi connectivity index (χ0v) is 9.47. The lowest BCUT2D eigenvalue weighted by Crippen LogP contribution is -2.15. The summed E-state index contributed by atoms with van der Waals surface area (Å²) in [6.07, 6.45) is 0. The van der Waals surface area contributed by atoms with Gasteiger partial charge in [0, 0.05) is 16.3 Å². The Morgan fingerprint density at radius 1 is 0.938 bits per heavy atom. The Bertz CT molecular complexity index is 540. The second-order valence-corrected chi connectivity index (χ2v) is 5.69. The van der Waals surface area contributed by atoms with E-state index in [2.05, 4.69) is 0 Å². The number of hydrogen-bond acceptors (Lipinski definition) is 2. The molecular formula is C12H12NO2P. The fraction of sp³-hybridized carbons (Fsp3) is 0. The van der Waals surface area contributed by atoms with Crippen LogP contribution in [0, 0.1) is 0 Å². The van der Waals surface area contributed by atoms with Gasteiger partial charge in [-0.3, -0.25) is 4.57 Å². The summed E-state index contributed by atoms with van der Waals surface area (Å²) in [5.41, 5.74) is 6.09. The summed E-state index contributed by atoms with van der Waals surface area (Å²) in [5.74, 6) is 0. The highest BCUT2D eigenvalue weighted by Crippen LogP contribution is 2.38. The molecule has 0 saturated carbocycles. The van der Waals surface area contributed by atoms with Crippen LogP contribution in [0.15, 0.2) is 54.6 Å². The van der Waals surface area contributed by atoms with Crippen molar-refractivity contribution in [1.82, 2.24) is 0 Å². The van der Waals surface area contributed by atoms with Crippen LogP contribution in [-0.2, 0) is 4.57 Å². The monoisotopic (exact) mass is 233 g/mol. The predicted molar refractivity (Wildman–Crippen MR) is 66.4 cm³/mol. The summed E-state index contributed by atoms with van der Waals surface area (Å²) in [5, 5.41) is 0.777. The molecule has 3 N–H and O–H groups in total. The minimum absolute atomic E-state index is 0.360. The van der Waals surface area contributed by atoms with Gasteiger partial charge in [-0.15, -0.1) is 0 Å². The molecule has 0 aromatic heterocycles. The summed E-state index contributed by atoms with van der Waals surface area (Å²) in [7, 11) is -3.50. The highest BCUT2D eigenvalue weighted by Gasteiger charge is 2.23. The van der Waals surface area contributed by atoms with Crippen LogP contribution in [0.3, 0.4) is 0 Å². The van der Waals surface area contributed by atoms with E-state index in [1.165, 1.54) is 6.07 Å². The van der Waals surface area contributed by atoms with Crippen molar-refractivity contribution >= 4 is 23.7 Å². The van der Waals surface area contributed by atoms with Crippen molar-refractivity contribution in [3.63, 3.8) is 0 Å². The molecule has 0 aliphatic carbocycles. The van der Waals surface area contributed by atoms with Crippen molar-refractivity contribution in [3.05, 3.63) is 54.6 Å². The van der Waals surface area contributed by atoms with Gasteiger partial charge in [0.05, 0.1) is 0 Å². The molecule has 3 nitrogen and oxygen atoms in total. The van der Waals surface area contributed by atoms with Crippen LogP contribution in [0.25, 0.3) is 0 Å². The first-order chi connectivity index (χ1) is 7.60. The van der Waals surface area contributed by atoms with Gasteiger partial charge in [-0.1, -0.05) is 24.3 Å². The Labute approximate surface area is 94.0 Å². The second-order valence-electron chi connectivity index (χ2n) is 3.51. The molecule has 2 rings (SSSR count). The summed E-state index contributed by atoms with van der Waals surface area (Å²) in [6, 6.07) is 15.1. The van der Waals surface area contributed by atoms with Crippen molar-refractivity contribution < 1.29 is 9.46 Å². The Balaban J connectivity index is 2.51. The Morgan fingerprint density at radius 2 is 1.56 bits per heavy atom. The topological polar surface area (TPSA) is 63.3 Å². The fourth-order valence-electron chi connectivity index (χ4n) is 1.49. The zero-order valence-electron chi connectivity index (χ0n) is 8.58. The number of hydrogen-bond donors (Lipinski definition) is 2. The number of benzene rings is 2. The van der Waals surface area contributed by atoms with Gasteiger partial charge in [-0.05, 0) is 30.3 Å². The molecular weight excluding hydrogens is 221 g/mol. The van der Waals surface area contributed by atoms with Gasteiger partial charge in [0.25, 0.3) is 7.37 Å². The van der Waals surface area contributed by atoms with Crippen LogP contribution in [0.4, 0.5) is 5.69 Å². The largest absolute Gasteiger partial charge is 0.399 e. The lowest BCUT2D eigenvalue weighted by molar-refractivity contribution is 0.501. The van der Waals surface area contributed by atoms with Crippen LogP contribution in [0.1, 0.15) is 0 Å².